The van der Waals surface area contributed by atoms with Crippen molar-refractivity contribution in [2.24, 2.45) is 0 Å². The zero-order valence-corrected chi connectivity index (χ0v) is 16.2. The van der Waals surface area contributed by atoms with Gasteiger partial charge in [-0.15, -0.1) is 5.10 Å². The molecule has 4 rings (SSSR count). The van der Waals surface area contributed by atoms with Gasteiger partial charge in [0.15, 0.2) is 5.65 Å². The molecule has 0 aliphatic carbocycles. The van der Waals surface area contributed by atoms with E-state index in [1.165, 1.54) is 14.0 Å². The van der Waals surface area contributed by atoms with Gasteiger partial charge in [-0.1, -0.05) is 56.2 Å². The van der Waals surface area contributed by atoms with Crippen LogP contribution in [0.3, 0.4) is 0 Å². The summed E-state index contributed by atoms with van der Waals surface area (Å²) in [5, 5.41) is 7.19. The molecular formula is C21H23N5O3. The zero-order chi connectivity index (χ0) is 20.4. The molecule has 29 heavy (non-hydrogen) atoms. The van der Waals surface area contributed by atoms with Gasteiger partial charge in [-0.2, -0.15) is 0 Å². The average Bonchev–Trinajstić information content (AvgIpc) is 3.20. The Labute approximate surface area is 167 Å². The van der Waals surface area contributed by atoms with E-state index in [-0.39, 0.29) is 24.7 Å². The lowest BCUT2D eigenvalue weighted by Crippen LogP contribution is -2.44. The summed E-state index contributed by atoms with van der Waals surface area (Å²) in [6.45, 7) is 2.26. The van der Waals surface area contributed by atoms with E-state index >= 15 is 0 Å². The fraction of sp³-hybridized carbons (Fsp3) is 0.333. The number of hydrogen-bond donors (Lipinski definition) is 1. The number of aromatic nitrogens is 3. The minimum atomic E-state index is -1.06. The van der Waals surface area contributed by atoms with Gasteiger partial charge in [0.1, 0.15) is 5.54 Å². The number of hydrogen-bond acceptors (Lipinski definition) is 4. The molecule has 150 valence electrons. The second kappa shape index (κ2) is 7.54. The Morgan fingerprint density at radius 1 is 1.00 bits per heavy atom. The second-order valence-corrected chi connectivity index (χ2v) is 7.20. The molecule has 1 aromatic carbocycles. The van der Waals surface area contributed by atoms with E-state index in [1.54, 1.807) is 24.4 Å². The molecule has 1 unspecified atom stereocenters. The Kier molecular flexibility index (Phi) is 4.92. The van der Waals surface area contributed by atoms with Crippen LogP contribution in [-0.4, -0.2) is 37.6 Å². The Balaban J connectivity index is 1.59. The highest BCUT2D eigenvalue weighted by atomic mass is 16.2. The highest BCUT2D eigenvalue weighted by Crippen LogP contribution is 2.34. The number of amides is 3. The summed E-state index contributed by atoms with van der Waals surface area (Å²) in [5.74, 6) is -0.279. The first-order valence-electron chi connectivity index (χ1n) is 9.80. The number of urea groups is 1. The summed E-state index contributed by atoms with van der Waals surface area (Å²) in [6.07, 6.45) is 3.89. The van der Waals surface area contributed by atoms with Gasteiger partial charge in [0.2, 0.25) is 0 Å². The van der Waals surface area contributed by atoms with Crippen LogP contribution in [0.1, 0.15) is 31.7 Å². The van der Waals surface area contributed by atoms with E-state index in [0.717, 1.165) is 18.4 Å². The lowest BCUT2D eigenvalue weighted by Gasteiger charge is -2.27. The van der Waals surface area contributed by atoms with Crippen molar-refractivity contribution >= 4 is 17.6 Å². The van der Waals surface area contributed by atoms with Gasteiger partial charge in [-0.05, 0) is 24.1 Å². The molecule has 0 spiro atoms. The van der Waals surface area contributed by atoms with Crippen molar-refractivity contribution in [3.8, 4) is 0 Å². The standard InChI is InChI=1S/C21H23N5O3/c1-2-3-12-21(16-9-5-4-6-10-16)18(27)25(19(28)22-21)14-15-26-20(29)24-13-8-7-11-17(24)23-26/h4-11,13H,2-3,12,14-15H2,1H3,(H,22,28). The van der Waals surface area contributed by atoms with Gasteiger partial charge in [0.05, 0.1) is 13.1 Å². The van der Waals surface area contributed by atoms with Gasteiger partial charge in [-0.3, -0.25) is 14.1 Å². The molecule has 1 fully saturated rings. The second-order valence-electron chi connectivity index (χ2n) is 7.20. The van der Waals surface area contributed by atoms with E-state index in [9.17, 15) is 14.4 Å². The Morgan fingerprint density at radius 3 is 2.48 bits per heavy atom. The first-order chi connectivity index (χ1) is 14.1. The van der Waals surface area contributed by atoms with Crippen LogP contribution in [-0.2, 0) is 16.9 Å². The number of pyridine rings is 1. The monoisotopic (exact) mass is 393 g/mol. The predicted octanol–water partition coefficient (Wildman–Crippen LogP) is 2.13. The fourth-order valence-corrected chi connectivity index (χ4v) is 3.81. The number of benzene rings is 1. The smallest absolute Gasteiger partial charge is 0.319 e. The van der Waals surface area contributed by atoms with Gasteiger partial charge < -0.3 is 5.32 Å². The number of rotatable bonds is 7. The first kappa shape index (κ1) is 18.9. The van der Waals surface area contributed by atoms with Crippen LogP contribution in [0, 0.1) is 0 Å². The van der Waals surface area contributed by atoms with Crippen molar-refractivity contribution < 1.29 is 9.59 Å². The van der Waals surface area contributed by atoms with Crippen molar-refractivity contribution in [3.63, 3.8) is 0 Å². The molecule has 1 aliphatic rings. The lowest BCUT2D eigenvalue weighted by molar-refractivity contribution is -0.132. The third-order valence-electron chi connectivity index (χ3n) is 5.37. The van der Waals surface area contributed by atoms with E-state index in [0.29, 0.717) is 12.1 Å². The summed E-state index contributed by atoms with van der Waals surface area (Å²) < 4.78 is 2.71. The molecular weight excluding hydrogens is 370 g/mol. The molecule has 2 aromatic heterocycles. The van der Waals surface area contributed by atoms with E-state index < -0.39 is 11.6 Å². The van der Waals surface area contributed by atoms with Gasteiger partial charge in [0, 0.05) is 6.20 Å². The van der Waals surface area contributed by atoms with Crippen molar-refractivity contribution in [1.82, 2.24) is 24.4 Å². The van der Waals surface area contributed by atoms with Crippen molar-refractivity contribution in [3.05, 3.63) is 70.8 Å². The van der Waals surface area contributed by atoms with Gasteiger partial charge in [0.25, 0.3) is 5.91 Å². The minimum Gasteiger partial charge on any atom is -0.319 e. The molecule has 1 atom stereocenters. The Hall–Kier alpha value is -3.42. The van der Waals surface area contributed by atoms with Crippen LogP contribution in [0.4, 0.5) is 4.79 Å². The largest absolute Gasteiger partial charge is 0.350 e. The maximum atomic E-state index is 13.4. The SMILES string of the molecule is CCCCC1(c2ccccc2)NC(=O)N(CCn2nc3ccccn3c2=O)C1=O. The van der Waals surface area contributed by atoms with E-state index in [2.05, 4.69) is 10.4 Å². The summed E-state index contributed by atoms with van der Waals surface area (Å²) in [5.41, 5.74) is -0.0541. The maximum absolute atomic E-state index is 13.4. The van der Waals surface area contributed by atoms with Crippen molar-refractivity contribution in [2.45, 2.75) is 38.3 Å². The molecule has 3 aromatic rings. The lowest BCUT2D eigenvalue weighted by atomic mass is 9.85. The molecule has 3 heterocycles. The zero-order valence-electron chi connectivity index (χ0n) is 16.2. The number of nitrogens with zero attached hydrogens (tertiary/aromatic N) is 4. The van der Waals surface area contributed by atoms with Crippen LogP contribution >= 0.6 is 0 Å². The molecule has 8 heteroatoms. The van der Waals surface area contributed by atoms with E-state index in [1.807, 2.05) is 37.3 Å². The van der Waals surface area contributed by atoms with Gasteiger partial charge >= 0.3 is 11.7 Å². The molecule has 0 saturated carbocycles. The summed E-state index contributed by atoms with van der Waals surface area (Å²) in [6, 6.07) is 14.2. The van der Waals surface area contributed by atoms with Gasteiger partial charge in [-0.25, -0.2) is 14.3 Å². The fourth-order valence-electron chi connectivity index (χ4n) is 3.81. The van der Waals surface area contributed by atoms with Crippen LogP contribution in [0.15, 0.2) is 59.5 Å². The number of fused-ring (bicyclic) bond motifs is 1. The number of unbranched alkanes of at least 4 members (excludes halogenated alkanes) is 1. The topological polar surface area (TPSA) is 88.7 Å². The normalized spacial score (nSPS) is 19.1. The van der Waals surface area contributed by atoms with Crippen LogP contribution in [0.25, 0.3) is 5.65 Å². The minimum absolute atomic E-state index is 0.0785. The predicted molar refractivity (Wildman–Crippen MR) is 107 cm³/mol. The first-order valence-corrected chi connectivity index (χ1v) is 9.80. The Bertz CT molecular complexity index is 1100. The quantitative estimate of drug-likeness (QED) is 0.623. The number of nitrogens with one attached hydrogen (secondary N) is 1. The molecule has 1 N–H and O–H groups in total. The van der Waals surface area contributed by atoms with Crippen LogP contribution in [0.5, 0.6) is 0 Å². The average molecular weight is 393 g/mol. The molecule has 3 amide bonds. The van der Waals surface area contributed by atoms with Crippen LogP contribution < -0.4 is 11.0 Å². The van der Waals surface area contributed by atoms with Crippen LogP contribution in [0.2, 0.25) is 0 Å². The molecule has 0 bridgehead atoms. The summed E-state index contributed by atoms with van der Waals surface area (Å²) >= 11 is 0. The summed E-state index contributed by atoms with van der Waals surface area (Å²) in [4.78, 5) is 39.7. The molecule has 1 saturated heterocycles. The Morgan fingerprint density at radius 2 is 1.76 bits per heavy atom. The number of carbonyl (C=O) groups is 2. The highest BCUT2D eigenvalue weighted by Gasteiger charge is 2.51. The third kappa shape index (κ3) is 3.20. The molecule has 0 radical (unpaired) electrons. The van der Waals surface area contributed by atoms with E-state index in [4.69, 9.17) is 0 Å². The third-order valence-corrected chi connectivity index (χ3v) is 5.37. The number of imide groups is 1. The molecule has 8 nitrogen and oxygen atoms in total. The van der Waals surface area contributed by atoms with Crippen molar-refractivity contribution in [2.75, 3.05) is 6.54 Å². The number of carbonyl (C=O) groups excluding carboxylic acids is 2. The summed E-state index contributed by atoms with van der Waals surface area (Å²) in [7, 11) is 0. The highest BCUT2D eigenvalue weighted by molar-refractivity contribution is 6.07. The maximum Gasteiger partial charge on any atom is 0.350 e. The van der Waals surface area contributed by atoms with Crippen molar-refractivity contribution in [1.29, 1.82) is 0 Å². The molecule has 1 aliphatic heterocycles.